The first kappa shape index (κ1) is 12.8. The molecule has 0 spiro atoms. The van der Waals surface area contributed by atoms with Gasteiger partial charge in [-0.3, -0.25) is 4.79 Å². The minimum Gasteiger partial charge on any atom is -0.441 e. The lowest BCUT2D eigenvalue weighted by Crippen LogP contribution is -2.30. The summed E-state index contributed by atoms with van der Waals surface area (Å²) in [5, 5.41) is 6.63. The summed E-state index contributed by atoms with van der Waals surface area (Å²) in [6.07, 6.45) is 0.222. The smallest absolute Gasteiger partial charge is 0.227 e. The SMILES string of the molecule is Cc1oc(-c2ccsc2)nc1CC(=O)NCCN. The molecule has 18 heavy (non-hydrogen) atoms. The molecule has 5 nitrogen and oxygen atoms in total. The van der Waals surface area contributed by atoms with E-state index in [2.05, 4.69) is 10.3 Å². The highest BCUT2D eigenvalue weighted by Crippen LogP contribution is 2.23. The van der Waals surface area contributed by atoms with E-state index < -0.39 is 0 Å². The zero-order chi connectivity index (χ0) is 13.0. The van der Waals surface area contributed by atoms with Crippen LogP contribution in [0.25, 0.3) is 11.5 Å². The lowest BCUT2D eigenvalue weighted by atomic mass is 10.2. The molecular formula is C12H15N3O2S. The molecule has 6 heteroatoms. The fraction of sp³-hybridized carbons (Fsp3) is 0.333. The van der Waals surface area contributed by atoms with Crippen LogP contribution in [0.1, 0.15) is 11.5 Å². The Morgan fingerprint density at radius 3 is 3.11 bits per heavy atom. The van der Waals surface area contributed by atoms with Crippen LogP contribution in [0, 0.1) is 6.92 Å². The monoisotopic (exact) mass is 265 g/mol. The molecule has 2 heterocycles. The van der Waals surface area contributed by atoms with Gasteiger partial charge in [-0.05, 0) is 18.4 Å². The fourth-order valence-electron chi connectivity index (χ4n) is 1.53. The van der Waals surface area contributed by atoms with Crippen molar-refractivity contribution in [1.82, 2.24) is 10.3 Å². The summed E-state index contributed by atoms with van der Waals surface area (Å²) >= 11 is 1.58. The first-order chi connectivity index (χ1) is 8.70. The normalized spacial score (nSPS) is 10.6. The van der Waals surface area contributed by atoms with Gasteiger partial charge < -0.3 is 15.5 Å². The molecule has 0 radical (unpaired) electrons. The largest absolute Gasteiger partial charge is 0.441 e. The van der Waals surface area contributed by atoms with Gasteiger partial charge in [-0.1, -0.05) is 0 Å². The van der Waals surface area contributed by atoms with E-state index in [0.717, 1.165) is 5.56 Å². The number of nitrogens with one attached hydrogen (secondary N) is 1. The number of thiophene rings is 1. The molecule has 2 aromatic rings. The van der Waals surface area contributed by atoms with Crippen LogP contribution in [-0.2, 0) is 11.2 Å². The highest BCUT2D eigenvalue weighted by molar-refractivity contribution is 7.08. The van der Waals surface area contributed by atoms with Crippen molar-refractivity contribution in [3.8, 4) is 11.5 Å². The van der Waals surface area contributed by atoms with Gasteiger partial charge >= 0.3 is 0 Å². The van der Waals surface area contributed by atoms with Crippen molar-refractivity contribution >= 4 is 17.2 Å². The van der Waals surface area contributed by atoms with Crippen molar-refractivity contribution in [2.45, 2.75) is 13.3 Å². The zero-order valence-corrected chi connectivity index (χ0v) is 10.9. The summed E-state index contributed by atoms with van der Waals surface area (Å²) in [5.41, 5.74) is 6.93. The van der Waals surface area contributed by atoms with Crippen molar-refractivity contribution in [2.75, 3.05) is 13.1 Å². The molecule has 0 aliphatic heterocycles. The second-order valence-corrected chi connectivity index (χ2v) is 4.63. The van der Waals surface area contributed by atoms with Crippen molar-refractivity contribution in [3.05, 3.63) is 28.3 Å². The second-order valence-electron chi connectivity index (χ2n) is 3.85. The Morgan fingerprint density at radius 2 is 2.44 bits per heavy atom. The van der Waals surface area contributed by atoms with Gasteiger partial charge in [0.15, 0.2) is 0 Å². The standard InChI is InChI=1S/C12H15N3O2S/c1-8-10(6-11(16)14-4-3-13)15-12(17-8)9-2-5-18-7-9/h2,5,7H,3-4,6,13H2,1H3,(H,14,16). The van der Waals surface area contributed by atoms with E-state index in [4.69, 9.17) is 10.2 Å². The van der Waals surface area contributed by atoms with E-state index in [1.807, 2.05) is 23.8 Å². The Hall–Kier alpha value is -1.66. The van der Waals surface area contributed by atoms with E-state index in [1.165, 1.54) is 0 Å². The lowest BCUT2D eigenvalue weighted by molar-refractivity contribution is -0.120. The summed E-state index contributed by atoms with van der Waals surface area (Å²) in [5.74, 6) is 1.16. The number of amides is 1. The summed E-state index contributed by atoms with van der Waals surface area (Å²) in [7, 11) is 0. The Bertz CT molecular complexity index is 519. The van der Waals surface area contributed by atoms with Gasteiger partial charge in [-0.15, -0.1) is 0 Å². The van der Waals surface area contributed by atoms with Crippen molar-refractivity contribution < 1.29 is 9.21 Å². The number of rotatable bonds is 5. The molecule has 0 bridgehead atoms. The van der Waals surface area contributed by atoms with E-state index >= 15 is 0 Å². The number of carbonyl (C=O) groups is 1. The third-order valence-corrected chi connectivity index (χ3v) is 3.14. The zero-order valence-electron chi connectivity index (χ0n) is 10.1. The Morgan fingerprint density at radius 1 is 1.61 bits per heavy atom. The predicted octanol–water partition coefficient (Wildman–Crippen LogP) is 1.33. The molecule has 96 valence electrons. The maximum absolute atomic E-state index is 11.6. The van der Waals surface area contributed by atoms with Crippen LogP contribution >= 0.6 is 11.3 Å². The lowest BCUT2D eigenvalue weighted by Gasteiger charge is -2.00. The molecule has 0 saturated carbocycles. The number of carbonyl (C=O) groups excluding carboxylic acids is 1. The molecule has 0 aliphatic carbocycles. The molecule has 0 saturated heterocycles. The average molecular weight is 265 g/mol. The fourth-order valence-corrected chi connectivity index (χ4v) is 2.16. The predicted molar refractivity (Wildman–Crippen MR) is 70.3 cm³/mol. The van der Waals surface area contributed by atoms with Crippen LogP contribution in [0.5, 0.6) is 0 Å². The molecule has 0 atom stereocenters. The molecular weight excluding hydrogens is 250 g/mol. The molecule has 2 rings (SSSR count). The van der Waals surface area contributed by atoms with Crippen molar-refractivity contribution in [1.29, 1.82) is 0 Å². The van der Waals surface area contributed by atoms with Crippen LogP contribution in [0.15, 0.2) is 21.2 Å². The Kier molecular flexibility index (Phi) is 4.11. The summed E-state index contributed by atoms with van der Waals surface area (Å²) in [6, 6.07) is 1.94. The van der Waals surface area contributed by atoms with Gasteiger partial charge in [0.1, 0.15) is 5.76 Å². The first-order valence-electron chi connectivity index (χ1n) is 5.66. The van der Waals surface area contributed by atoms with Gasteiger partial charge in [0.25, 0.3) is 0 Å². The van der Waals surface area contributed by atoms with Crippen LogP contribution in [0.3, 0.4) is 0 Å². The number of oxazole rings is 1. The van der Waals surface area contributed by atoms with E-state index in [1.54, 1.807) is 11.3 Å². The maximum Gasteiger partial charge on any atom is 0.227 e. The maximum atomic E-state index is 11.6. The van der Waals surface area contributed by atoms with Crippen molar-refractivity contribution in [2.24, 2.45) is 5.73 Å². The quantitative estimate of drug-likeness (QED) is 0.854. The third-order valence-electron chi connectivity index (χ3n) is 2.46. The highest BCUT2D eigenvalue weighted by atomic mass is 32.1. The molecule has 0 fully saturated rings. The molecule has 3 N–H and O–H groups in total. The summed E-state index contributed by atoms with van der Waals surface area (Å²) < 4.78 is 5.56. The number of nitrogens with zero attached hydrogens (tertiary/aromatic N) is 1. The van der Waals surface area contributed by atoms with Gasteiger partial charge in [-0.2, -0.15) is 11.3 Å². The summed E-state index contributed by atoms with van der Waals surface area (Å²) in [4.78, 5) is 15.9. The van der Waals surface area contributed by atoms with Crippen LogP contribution in [0.4, 0.5) is 0 Å². The number of aryl methyl sites for hydroxylation is 1. The highest BCUT2D eigenvalue weighted by Gasteiger charge is 2.14. The van der Waals surface area contributed by atoms with E-state index in [0.29, 0.717) is 30.4 Å². The Labute approximate surface area is 109 Å². The van der Waals surface area contributed by atoms with Crippen LogP contribution < -0.4 is 11.1 Å². The third kappa shape index (κ3) is 2.96. The first-order valence-corrected chi connectivity index (χ1v) is 6.60. The molecule has 1 amide bonds. The van der Waals surface area contributed by atoms with Gasteiger partial charge in [0.2, 0.25) is 11.8 Å². The topological polar surface area (TPSA) is 81.2 Å². The number of nitrogens with two attached hydrogens (primary N) is 1. The van der Waals surface area contributed by atoms with Gasteiger partial charge in [0, 0.05) is 24.0 Å². The minimum atomic E-state index is -0.0891. The Balaban J connectivity index is 2.08. The van der Waals surface area contributed by atoms with Crippen molar-refractivity contribution in [3.63, 3.8) is 0 Å². The minimum absolute atomic E-state index is 0.0891. The molecule has 0 aliphatic rings. The molecule has 0 aromatic carbocycles. The molecule has 2 aromatic heterocycles. The van der Waals surface area contributed by atoms with Crippen LogP contribution in [0.2, 0.25) is 0 Å². The van der Waals surface area contributed by atoms with Gasteiger partial charge in [0.05, 0.1) is 12.1 Å². The molecule has 0 unspecified atom stereocenters. The van der Waals surface area contributed by atoms with Gasteiger partial charge in [-0.25, -0.2) is 4.98 Å². The number of hydrogen-bond acceptors (Lipinski definition) is 5. The summed E-state index contributed by atoms with van der Waals surface area (Å²) in [6.45, 7) is 2.73. The van der Waals surface area contributed by atoms with E-state index in [-0.39, 0.29) is 12.3 Å². The second kappa shape index (κ2) is 5.79. The number of aromatic nitrogens is 1. The average Bonchev–Trinajstić information content (AvgIpc) is 2.97. The van der Waals surface area contributed by atoms with Crippen LogP contribution in [-0.4, -0.2) is 24.0 Å². The number of hydrogen-bond donors (Lipinski definition) is 2. The van der Waals surface area contributed by atoms with E-state index in [9.17, 15) is 4.79 Å².